The van der Waals surface area contributed by atoms with Crippen molar-refractivity contribution in [1.29, 1.82) is 0 Å². The molecule has 0 atom stereocenters. The van der Waals surface area contributed by atoms with Crippen LogP contribution in [0.3, 0.4) is 0 Å². The molecule has 12 nitrogen and oxygen atoms in total. The first kappa shape index (κ1) is 29.7. The van der Waals surface area contributed by atoms with Crippen LogP contribution in [0, 0.1) is 0 Å². The number of H-pyrrole nitrogens is 1. The zero-order valence-corrected chi connectivity index (χ0v) is 22.8. The normalized spacial score (nSPS) is 10.9. The smallest absolute Gasteiger partial charge is 0.328 e. The summed E-state index contributed by atoms with van der Waals surface area (Å²) in [6, 6.07) is 13.8. The molecule has 2 heterocycles. The SMILES string of the molecule is COC(=O)Cc1n[nH]c(=O)c2ccccc12.COC(=O)Cc1nn(CC(=O)OC(C)(C)C)c(=O)c2ccccc12. The van der Waals surface area contributed by atoms with Crippen LogP contribution in [0.2, 0.25) is 0 Å². The molecular weight excluding hydrogens is 520 g/mol. The van der Waals surface area contributed by atoms with Gasteiger partial charge in [0.05, 0.1) is 49.2 Å². The number of benzene rings is 2. The Bertz CT molecular complexity index is 1670. The second-order valence-corrected chi connectivity index (χ2v) is 9.59. The lowest BCUT2D eigenvalue weighted by Crippen LogP contribution is -2.32. The predicted octanol–water partition coefficient (Wildman–Crippen LogP) is 2.09. The lowest BCUT2D eigenvalue weighted by atomic mass is 10.1. The Hall–Kier alpha value is -4.87. The molecule has 4 rings (SSSR count). The number of hydrogen-bond acceptors (Lipinski definition) is 10. The van der Waals surface area contributed by atoms with E-state index in [-0.39, 0.29) is 30.9 Å². The van der Waals surface area contributed by atoms with Gasteiger partial charge in [0.15, 0.2) is 0 Å². The predicted molar refractivity (Wildman–Crippen MR) is 146 cm³/mol. The topological polar surface area (TPSA) is 160 Å². The fourth-order valence-corrected chi connectivity index (χ4v) is 3.76. The molecule has 2 aromatic heterocycles. The Morgan fingerprint density at radius 1 is 0.775 bits per heavy atom. The molecule has 0 bridgehead atoms. The third-order valence-electron chi connectivity index (χ3n) is 5.50. The summed E-state index contributed by atoms with van der Waals surface area (Å²) in [5, 5.41) is 12.5. The number of methoxy groups -OCH3 is 2. The van der Waals surface area contributed by atoms with Crippen molar-refractivity contribution in [1.82, 2.24) is 20.0 Å². The maximum absolute atomic E-state index is 12.5. The van der Waals surface area contributed by atoms with Crippen molar-refractivity contribution in [2.45, 2.75) is 45.8 Å². The largest absolute Gasteiger partial charge is 0.469 e. The fourth-order valence-electron chi connectivity index (χ4n) is 3.76. The number of carbonyl (C=O) groups excluding carboxylic acids is 3. The first-order valence-electron chi connectivity index (χ1n) is 12.2. The molecule has 12 heteroatoms. The lowest BCUT2D eigenvalue weighted by Gasteiger charge is -2.19. The van der Waals surface area contributed by atoms with Crippen LogP contribution in [0.15, 0.2) is 58.1 Å². The highest BCUT2D eigenvalue weighted by Gasteiger charge is 2.20. The number of ether oxygens (including phenoxy) is 3. The van der Waals surface area contributed by atoms with E-state index in [1.807, 2.05) is 0 Å². The molecule has 40 heavy (non-hydrogen) atoms. The molecule has 0 radical (unpaired) electrons. The van der Waals surface area contributed by atoms with Crippen molar-refractivity contribution in [2.75, 3.05) is 14.2 Å². The first-order valence-corrected chi connectivity index (χ1v) is 12.2. The third kappa shape index (κ3) is 7.59. The molecule has 0 saturated heterocycles. The summed E-state index contributed by atoms with van der Waals surface area (Å²) in [5.74, 6) is -1.43. The average Bonchev–Trinajstić information content (AvgIpc) is 2.92. The Labute approximate surface area is 228 Å². The number of carbonyl (C=O) groups is 3. The van der Waals surface area contributed by atoms with Gasteiger partial charge < -0.3 is 14.2 Å². The highest BCUT2D eigenvalue weighted by Crippen LogP contribution is 2.15. The van der Waals surface area contributed by atoms with Crippen molar-refractivity contribution < 1.29 is 28.6 Å². The van der Waals surface area contributed by atoms with E-state index in [2.05, 4.69) is 24.8 Å². The molecule has 2 aromatic carbocycles. The van der Waals surface area contributed by atoms with E-state index in [1.165, 1.54) is 14.2 Å². The molecule has 0 amide bonds. The number of rotatable bonds is 6. The summed E-state index contributed by atoms with van der Waals surface area (Å²) in [7, 11) is 2.59. The molecule has 0 aliphatic rings. The molecule has 0 saturated carbocycles. The highest BCUT2D eigenvalue weighted by molar-refractivity contribution is 5.88. The summed E-state index contributed by atoms with van der Waals surface area (Å²) in [6.07, 6.45) is -0.0423. The first-order chi connectivity index (χ1) is 18.9. The van der Waals surface area contributed by atoms with Crippen LogP contribution in [0.25, 0.3) is 21.5 Å². The van der Waals surface area contributed by atoms with Crippen molar-refractivity contribution in [2.24, 2.45) is 0 Å². The standard InChI is InChI=1S/C17H20N2O5.C11H10N2O3/c1-17(2,3)24-15(21)10-19-16(22)12-8-6-5-7-11(12)13(18-19)9-14(20)23-4;1-16-10(14)6-9-7-4-2-3-5-8(7)11(15)13-12-9/h5-8H,9-10H2,1-4H3;2-5H,6H2,1H3,(H,13,15). The lowest BCUT2D eigenvalue weighted by molar-refractivity contribution is -0.155. The Balaban J connectivity index is 0.000000238. The maximum Gasteiger partial charge on any atom is 0.328 e. The number of hydrogen-bond donors (Lipinski definition) is 1. The minimum atomic E-state index is -0.660. The van der Waals surface area contributed by atoms with E-state index in [9.17, 15) is 24.0 Å². The number of esters is 3. The molecule has 4 aromatic rings. The van der Waals surface area contributed by atoms with Gasteiger partial charge in [0.1, 0.15) is 12.1 Å². The summed E-state index contributed by atoms with van der Waals surface area (Å²) >= 11 is 0. The van der Waals surface area contributed by atoms with E-state index in [0.29, 0.717) is 32.9 Å². The van der Waals surface area contributed by atoms with Gasteiger partial charge in [-0.25, -0.2) is 9.78 Å². The van der Waals surface area contributed by atoms with Crippen LogP contribution < -0.4 is 11.1 Å². The second kappa shape index (κ2) is 12.8. The van der Waals surface area contributed by atoms with Crippen molar-refractivity contribution >= 4 is 39.5 Å². The average molecular weight is 551 g/mol. The quantitative estimate of drug-likeness (QED) is 0.278. The van der Waals surface area contributed by atoms with E-state index in [0.717, 1.165) is 4.68 Å². The molecule has 1 N–H and O–H groups in total. The van der Waals surface area contributed by atoms with Crippen molar-refractivity contribution in [3.8, 4) is 0 Å². The Morgan fingerprint density at radius 3 is 1.82 bits per heavy atom. The van der Waals surface area contributed by atoms with Gasteiger partial charge in [-0.15, -0.1) is 0 Å². The molecule has 0 aliphatic carbocycles. The van der Waals surface area contributed by atoms with Gasteiger partial charge in [-0.3, -0.25) is 24.0 Å². The fraction of sp³-hybridized carbons (Fsp3) is 0.321. The summed E-state index contributed by atoms with van der Waals surface area (Å²) in [6.45, 7) is 4.90. The van der Waals surface area contributed by atoms with E-state index in [4.69, 9.17) is 4.74 Å². The van der Waals surface area contributed by atoms with Gasteiger partial charge >= 0.3 is 17.9 Å². The van der Waals surface area contributed by atoms with Crippen LogP contribution in [0.1, 0.15) is 32.2 Å². The van der Waals surface area contributed by atoms with Crippen molar-refractivity contribution in [3.63, 3.8) is 0 Å². The molecule has 0 unspecified atom stereocenters. The van der Waals surface area contributed by atoms with Crippen LogP contribution in [-0.2, 0) is 48.0 Å². The molecule has 0 fully saturated rings. The summed E-state index contributed by atoms with van der Waals surface area (Å²) in [5.41, 5.74) is -0.441. The number of nitrogens with zero attached hydrogens (tertiary/aromatic N) is 3. The van der Waals surface area contributed by atoms with Crippen LogP contribution >= 0.6 is 0 Å². The zero-order valence-electron chi connectivity index (χ0n) is 22.8. The molecule has 0 spiro atoms. The van der Waals surface area contributed by atoms with Gasteiger partial charge in [-0.05, 0) is 32.9 Å². The van der Waals surface area contributed by atoms with Gasteiger partial charge in [0.2, 0.25) is 0 Å². The molecule has 210 valence electrons. The van der Waals surface area contributed by atoms with E-state index < -0.39 is 23.1 Å². The number of aromatic nitrogens is 4. The molecular formula is C28H30N4O8. The van der Waals surface area contributed by atoms with Crippen molar-refractivity contribution in [3.05, 3.63) is 80.6 Å². The molecule has 0 aliphatic heterocycles. The monoisotopic (exact) mass is 550 g/mol. The third-order valence-corrected chi connectivity index (χ3v) is 5.50. The highest BCUT2D eigenvalue weighted by atomic mass is 16.6. The summed E-state index contributed by atoms with van der Waals surface area (Å²) in [4.78, 5) is 58.7. The van der Waals surface area contributed by atoms with E-state index >= 15 is 0 Å². The second-order valence-electron chi connectivity index (χ2n) is 9.59. The van der Waals surface area contributed by atoms with Gasteiger partial charge in [0, 0.05) is 10.8 Å². The zero-order chi connectivity index (χ0) is 29.4. The number of fused-ring (bicyclic) bond motifs is 2. The Kier molecular flexibility index (Phi) is 9.49. The Morgan fingerprint density at radius 2 is 1.27 bits per heavy atom. The number of nitrogens with one attached hydrogen (secondary N) is 1. The van der Waals surface area contributed by atoms with Crippen LogP contribution in [0.5, 0.6) is 0 Å². The minimum Gasteiger partial charge on any atom is -0.469 e. The van der Waals surface area contributed by atoms with E-state index in [1.54, 1.807) is 69.3 Å². The minimum absolute atomic E-state index is 0.0494. The van der Waals surface area contributed by atoms with Crippen LogP contribution in [0.4, 0.5) is 0 Å². The number of aromatic amines is 1. The van der Waals surface area contributed by atoms with Gasteiger partial charge in [-0.2, -0.15) is 10.2 Å². The van der Waals surface area contributed by atoms with Gasteiger partial charge in [0.25, 0.3) is 11.1 Å². The maximum atomic E-state index is 12.5. The van der Waals surface area contributed by atoms with Gasteiger partial charge in [-0.1, -0.05) is 36.4 Å². The van der Waals surface area contributed by atoms with Crippen LogP contribution in [-0.4, -0.2) is 57.7 Å². The summed E-state index contributed by atoms with van der Waals surface area (Å²) < 4.78 is 15.5.